The lowest BCUT2D eigenvalue weighted by Gasteiger charge is -2.13. The summed E-state index contributed by atoms with van der Waals surface area (Å²) >= 11 is 1.30. The van der Waals surface area contributed by atoms with E-state index >= 15 is 0 Å². The van der Waals surface area contributed by atoms with Gasteiger partial charge in [0, 0.05) is 29.5 Å². The van der Waals surface area contributed by atoms with E-state index in [9.17, 15) is 29.3 Å². The molecule has 0 aliphatic carbocycles. The first-order chi connectivity index (χ1) is 18.2. The zero-order chi connectivity index (χ0) is 27.4. The van der Waals surface area contributed by atoms with Crippen LogP contribution in [0.25, 0.3) is 11.1 Å². The third-order valence-electron chi connectivity index (χ3n) is 6.25. The number of aryl methyl sites for hydroxylation is 1. The number of nitrogens with one attached hydrogen (secondary N) is 1. The van der Waals surface area contributed by atoms with Crippen LogP contribution in [0, 0.1) is 17.0 Å². The predicted octanol–water partition coefficient (Wildman–Crippen LogP) is 5.21. The average molecular weight is 536 g/mol. The summed E-state index contributed by atoms with van der Waals surface area (Å²) in [5, 5.41) is 14.5. The molecule has 2 aromatic carbocycles. The molecule has 1 aliphatic heterocycles. The summed E-state index contributed by atoms with van der Waals surface area (Å²) in [4.78, 5) is 62.9. The van der Waals surface area contributed by atoms with Gasteiger partial charge in [0.15, 0.2) is 0 Å². The van der Waals surface area contributed by atoms with E-state index in [1.165, 1.54) is 36.6 Å². The summed E-state index contributed by atoms with van der Waals surface area (Å²) in [5.41, 5.74) is 1.36. The number of hydrogen-bond donors (Lipinski definition) is 1. The van der Waals surface area contributed by atoms with Crippen molar-refractivity contribution in [3.63, 3.8) is 0 Å². The van der Waals surface area contributed by atoms with Gasteiger partial charge in [-0.25, -0.2) is 4.79 Å². The molecule has 0 bridgehead atoms. The average Bonchev–Trinajstić information content (AvgIpc) is 3.36. The molecular weight excluding hydrogens is 510 g/mol. The van der Waals surface area contributed by atoms with Crippen LogP contribution in [-0.4, -0.2) is 47.2 Å². The van der Waals surface area contributed by atoms with Crippen LogP contribution in [0.5, 0.6) is 0 Å². The van der Waals surface area contributed by atoms with Crippen LogP contribution in [-0.2, 0) is 9.53 Å². The van der Waals surface area contributed by atoms with Gasteiger partial charge < -0.3 is 10.1 Å². The van der Waals surface area contributed by atoms with Gasteiger partial charge in [0.05, 0.1) is 17.6 Å². The van der Waals surface area contributed by atoms with Crippen LogP contribution in [0.4, 0.5) is 10.7 Å². The number of esters is 1. The fourth-order valence-electron chi connectivity index (χ4n) is 4.47. The normalized spacial score (nSPS) is 12.4. The number of benzene rings is 2. The summed E-state index contributed by atoms with van der Waals surface area (Å²) in [7, 11) is 1.29. The van der Waals surface area contributed by atoms with Gasteiger partial charge in [-0.05, 0) is 31.4 Å². The zero-order valence-corrected chi connectivity index (χ0v) is 21.6. The second kappa shape index (κ2) is 11.3. The Kier molecular flexibility index (Phi) is 7.96. The Balaban J connectivity index is 1.33. The Labute approximate surface area is 222 Å². The molecule has 1 N–H and O–H groups in total. The van der Waals surface area contributed by atoms with Gasteiger partial charge in [-0.2, -0.15) is 0 Å². The van der Waals surface area contributed by atoms with Crippen molar-refractivity contribution in [2.75, 3.05) is 19.0 Å². The van der Waals surface area contributed by atoms with Crippen molar-refractivity contribution in [2.45, 2.75) is 32.6 Å². The maximum absolute atomic E-state index is 12.7. The topological polar surface area (TPSA) is 136 Å². The molecule has 0 saturated heterocycles. The Morgan fingerprint density at radius 3 is 2.42 bits per heavy atom. The van der Waals surface area contributed by atoms with Crippen molar-refractivity contribution in [3.8, 4) is 11.1 Å². The zero-order valence-electron chi connectivity index (χ0n) is 20.8. The molecule has 3 aromatic rings. The van der Waals surface area contributed by atoms with Crippen LogP contribution < -0.4 is 5.32 Å². The van der Waals surface area contributed by atoms with E-state index in [1.54, 1.807) is 0 Å². The van der Waals surface area contributed by atoms with E-state index in [0.717, 1.165) is 20.9 Å². The molecule has 4 rings (SSSR count). The maximum Gasteiger partial charge on any atom is 0.341 e. The van der Waals surface area contributed by atoms with Gasteiger partial charge in [0.25, 0.3) is 17.5 Å². The Bertz CT molecular complexity index is 1430. The second-order valence-corrected chi connectivity index (χ2v) is 9.90. The second-order valence-electron chi connectivity index (χ2n) is 8.67. The minimum Gasteiger partial charge on any atom is -0.465 e. The third-order valence-corrected chi connectivity index (χ3v) is 7.27. The van der Waals surface area contributed by atoms with Gasteiger partial charge in [-0.3, -0.25) is 29.4 Å². The van der Waals surface area contributed by atoms with Crippen LogP contribution in [0.2, 0.25) is 0 Å². The Morgan fingerprint density at radius 2 is 1.74 bits per heavy atom. The number of carbonyl (C=O) groups is 4. The summed E-state index contributed by atoms with van der Waals surface area (Å²) < 4.78 is 4.98. The molecule has 1 aromatic heterocycles. The Hall–Kier alpha value is -4.38. The predicted molar refractivity (Wildman–Crippen MR) is 141 cm³/mol. The lowest BCUT2D eigenvalue weighted by molar-refractivity contribution is -0.385. The van der Waals surface area contributed by atoms with Crippen molar-refractivity contribution >= 4 is 45.7 Å². The Morgan fingerprint density at radius 1 is 1.00 bits per heavy atom. The molecule has 10 nitrogen and oxygen atoms in total. The number of hydrogen-bond acceptors (Lipinski definition) is 8. The third kappa shape index (κ3) is 5.18. The van der Waals surface area contributed by atoms with Crippen molar-refractivity contribution in [1.29, 1.82) is 0 Å². The van der Waals surface area contributed by atoms with Crippen LogP contribution in [0.15, 0.2) is 48.5 Å². The van der Waals surface area contributed by atoms with Crippen molar-refractivity contribution in [2.24, 2.45) is 0 Å². The van der Waals surface area contributed by atoms with Crippen molar-refractivity contribution in [1.82, 2.24) is 4.90 Å². The number of nitro benzene ring substituents is 1. The first-order valence-electron chi connectivity index (χ1n) is 11.9. The minimum absolute atomic E-state index is 0.0334. The minimum atomic E-state index is -0.673. The first-order valence-corrected chi connectivity index (χ1v) is 12.8. The molecule has 0 spiro atoms. The highest BCUT2D eigenvalue weighted by Crippen LogP contribution is 2.40. The summed E-state index contributed by atoms with van der Waals surface area (Å²) in [5.74, 6) is -2.03. The number of ether oxygens (including phenoxy) is 1. The van der Waals surface area contributed by atoms with Crippen molar-refractivity contribution in [3.05, 3.63) is 80.2 Å². The largest absolute Gasteiger partial charge is 0.465 e. The van der Waals surface area contributed by atoms with Gasteiger partial charge in [-0.1, -0.05) is 42.8 Å². The number of imide groups is 1. The van der Waals surface area contributed by atoms with E-state index in [2.05, 4.69) is 5.32 Å². The van der Waals surface area contributed by atoms with Crippen molar-refractivity contribution < 1.29 is 28.8 Å². The fraction of sp³-hybridized carbons (Fsp3) is 0.259. The first kappa shape index (κ1) is 26.7. The highest BCUT2D eigenvalue weighted by atomic mass is 32.1. The number of nitro groups is 1. The van der Waals surface area contributed by atoms with E-state index < -0.39 is 22.7 Å². The van der Waals surface area contributed by atoms with Crippen LogP contribution >= 0.6 is 11.3 Å². The molecule has 11 heteroatoms. The molecular formula is C27H25N3O7S. The molecule has 0 saturated carbocycles. The van der Waals surface area contributed by atoms with Gasteiger partial charge in [-0.15, -0.1) is 11.3 Å². The summed E-state index contributed by atoms with van der Waals surface area (Å²) in [6, 6.07) is 13.4. The van der Waals surface area contributed by atoms with E-state index in [0.29, 0.717) is 29.8 Å². The van der Waals surface area contributed by atoms with E-state index in [-0.39, 0.29) is 35.7 Å². The molecule has 3 amide bonds. The number of anilines is 1. The van der Waals surface area contributed by atoms with Gasteiger partial charge in [0.1, 0.15) is 16.1 Å². The van der Waals surface area contributed by atoms with Gasteiger partial charge >= 0.3 is 5.97 Å². The van der Waals surface area contributed by atoms with Crippen LogP contribution in [0.3, 0.4) is 0 Å². The van der Waals surface area contributed by atoms with E-state index in [1.807, 2.05) is 37.3 Å². The monoisotopic (exact) mass is 535 g/mol. The summed E-state index contributed by atoms with van der Waals surface area (Å²) in [6.07, 6.45) is 1.65. The summed E-state index contributed by atoms with van der Waals surface area (Å²) in [6.45, 7) is 1.98. The number of thiophene rings is 1. The molecule has 196 valence electrons. The standard InChI is InChI=1S/C27H25N3O7S/c1-16-21(17-10-5-3-6-11-17)23(27(34)37-2)24(38-16)28-20(31)14-7-4-8-15-29-25(32)18-12-9-13-19(30(35)36)22(18)26(29)33/h3,5-6,9-13H,4,7-8,14-15H2,1-2H3,(H,28,31). The molecule has 38 heavy (non-hydrogen) atoms. The number of unbranched alkanes of at least 4 members (excludes halogenated alkanes) is 2. The number of rotatable bonds is 10. The SMILES string of the molecule is COC(=O)c1c(NC(=O)CCCCCN2C(=O)c3cccc([N+](=O)[O-])c3C2=O)sc(C)c1-c1ccccc1. The highest BCUT2D eigenvalue weighted by Gasteiger charge is 2.40. The van der Waals surface area contributed by atoms with Crippen LogP contribution in [0.1, 0.15) is 61.6 Å². The molecule has 0 radical (unpaired) electrons. The van der Waals surface area contributed by atoms with Gasteiger partial charge in [0.2, 0.25) is 5.91 Å². The number of fused-ring (bicyclic) bond motifs is 1. The van der Waals surface area contributed by atoms with E-state index in [4.69, 9.17) is 4.74 Å². The lowest BCUT2D eigenvalue weighted by Crippen LogP contribution is -2.30. The quantitative estimate of drug-likeness (QED) is 0.124. The highest BCUT2D eigenvalue weighted by molar-refractivity contribution is 7.17. The number of methoxy groups -OCH3 is 1. The number of carbonyl (C=O) groups excluding carboxylic acids is 4. The fourth-order valence-corrected chi connectivity index (χ4v) is 5.55. The molecule has 1 aliphatic rings. The number of amides is 3. The molecule has 0 atom stereocenters. The molecule has 2 heterocycles. The number of nitrogens with zero attached hydrogens (tertiary/aromatic N) is 2. The smallest absolute Gasteiger partial charge is 0.341 e. The molecule has 0 unspecified atom stereocenters. The lowest BCUT2D eigenvalue weighted by atomic mass is 10.0. The molecule has 0 fully saturated rings. The maximum atomic E-state index is 12.7.